The summed E-state index contributed by atoms with van der Waals surface area (Å²) in [5, 5.41) is 11.0. The number of aliphatic hydroxyl groups is 1. The third-order valence-electron chi connectivity index (χ3n) is 3.29. The van der Waals surface area contributed by atoms with Gasteiger partial charge in [-0.15, -0.1) is 0 Å². The van der Waals surface area contributed by atoms with E-state index in [0.29, 0.717) is 5.56 Å². The van der Waals surface area contributed by atoms with E-state index in [-0.39, 0.29) is 5.56 Å². The van der Waals surface area contributed by atoms with E-state index in [1.807, 2.05) is 24.3 Å². The highest BCUT2D eigenvalue weighted by molar-refractivity contribution is 6.02. The molecule has 0 aliphatic heterocycles. The Hall–Kier alpha value is -2.46. The number of ketones is 1. The molecule has 4 heteroatoms. The predicted molar refractivity (Wildman–Crippen MR) is 74.0 cm³/mol. The van der Waals surface area contributed by atoms with Gasteiger partial charge < -0.3 is 10.1 Å². The van der Waals surface area contributed by atoms with E-state index < -0.39 is 17.7 Å². The van der Waals surface area contributed by atoms with Gasteiger partial charge >= 0.3 is 0 Å². The Balaban J connectivity index is 1.97. The molecule has 3 rings (SSSR count). The molecule has 2 aromatic carbocycles. The molecule has 1 heterocycles. The second-order valence-electron chi connectivity index (χ2n) is 4.56. The van der Waals surface area contributed by atoms with E-state index in [4.69, 9.17) is 0 Å². The topological polar surface area (TPSA) is 53.1 Å². The van der Waals surface area contributed by atoms with Crippen molar-refractivity contribution in [3.8, 4) is 0 Å². The summed E-state index contributed by atoms with van der Waals surface area (Å²) in [6, 6.07) is 12.6. The number of halogens is 1. The first-order chi connectivity index (χ1) is 9.66. The molecule has 0 saturated heterocycles. The minimum Gasteiger partial charge on any atom is -0.380 e. The molecule has 0 aliphatic rings. The summed E-state index contributed by atoms with van der Waals surface area (Å²) < 4.78 is 12.9. The molecule has 0 fully saturated rings. The lowest BCUT2D eigenvalue weighted by molar-refractivity contribution is 0.0750. The second kappa shape index (κ2) is 4.90. The zero-order chi connectivity index (χ0) is 14.1. The smallest absolute Gasteiger partial charge is 0.195 e. The third-order valence-corrected chi connectivity index (χ3v) is 3.29. The van der Waals surface area contributed by atoms with Crippen LogP contribution in [-0.2, 0) is 0 Å². The number of hydrogen-bond donors (Lipinski definition) is 2. The van der Waals surface area contributed by atoms with Crippen LogP contribution in [0.1, 0.15) is 22.0 Å². The maximum Gasteiger partial charge on any atom is 0.195 e. The molecule has 0 amide bonds. The standard InChI is InChI=1S/C16H12FNO2/c17-11-7-5-10(6-8-11)15(19)16(20)13-9-18-14-4-2-1-3-12(13)14/h1-9,16,18,20H. The third kappa shape index (κ3) is 2.10. The average molecular weight is 269 g/mol. The summed E-state index contributed by atoms with van der Waals surface area (Å²) in [6.07, 6.45) is 0.355. The first-order valence-corrected chi connectivity index (χ1v) is 6.20. The lowest BCUT2D eigenvalue weighted by Gasteiger charge is -2.08. The average Bonchev–Trinajstić information content (AvgIpc) is 2.90. The molecule has 1 unspecified atom stereocenters. The van der Waals surface area contributed by atoms with Crippen LogP contribution in [0, 0.1) is 5.82 Å². The number of para-hydroxylation sites is 1. The number of fused-ring (bicyclic) bond motifs is 1. The molecule has 0 spiro atoms. The summed E-state index contributed by atoms with van der Waals surface area (Å²) in [6.45, 7) is 0. The van der Waals surface area contributed by atoms with E-state index in [0.717, 1.165) is 10.9 Å². The van der Waals surface area contributed by atoms with Crippen LogP contribution in [0.4, 0.5) is 4.39 Å². The molecular weight excluding hydrogens is 257 g/mol. The van der Waals surface area contributed by atoms with Gasteiger partial charge in [-0.3, -0.25) is 4.79 Å². The zero-order valence-corrected chi connectivity index (χ0v) is 10.5. The lowest BCUT2D eigenvalue weighted by atomic mass is 9.99. The van der Waals surface area contributed by atoms with Crippen molar-refractivity contribution in [3.63, 3.8) is 0 Å². The normalized spacial score (nSPS) is 12.5. The molecular formula is C16H12FNO2. The van der Waals surface area contributed by atoms with Crippen molar-refractivity contribution in [2.24, 2.45) is 0 Å². The van der Waals surface area contributed by atoms with Crippen LogP contribution in [-0.4, -0.2) is 15.9 Å². The molecule has 3 aromatic rings. The predicted octanol–water partition coefficient (Wildman–Crippen LogP) is 3.22. The van der Waals surface area contributed by atoms with Crippen molar-refractivity contribution in [1.82, 2.24) is 4.98 Å². The molecule has 1 aromatic heterocycles. The van der Waals surface area contributed by atoms with Crippen molar-refractivity contribution in [2.75, 3.05) is 0 Å². The highest BCUT2D eigenvalue weighted by atomic mass is 19.1. The van der Waals surface area contributed by atoms with Gasteiger partial charge in [0, 0.05) is 28.2 Å². The van der Waals surface area contributed by atoms with Gasteiger partial charge in [-0.05, 0) is 30.3 Å². The summed E-state index contributed by atoms with van der Waals surface area (Å²) in [7, 11) is 0. The summed E-state index contributed by atoms with van der Waals surface area (Å²) >= 11 is 0. The van der Waals surface area contributed by atoms with Crippen LogP contribution in [0.25, 0.3) is 10.9 Å². The van der Waals surface area contributed by atoms with Gasteiger partial charge in [0.2, 0.25) is 0 Å². The maximum atomic E-state index is 12.9. The molecule has 1 atom stereocenters. The molecule has 20 heavy (non-hydrogen) atoms. The van der Waals surface area contributed by atoms with Gasteiger partial charge in [0.05, 0.1) is 0 Å². The SMILES string of the molecule is O=C(c1ccc(F)cc1)C(O)c1c[nH]c2ccccc12. The van der Waals surface area contributed by atoms with Gasteiger partial charge in [-0.1, -0.05) is 18.2 Å². The molecule has 0 aliphatic carbocycles. The Bertz CT molecular complexity index is 762. The monoisotopic (exact) mass is 269 g/mol. The number of hydrogen-bond acceptors (Lipinski definition) is 2. The van der Waals surface area contributed by atoms with Crippen LogP contribution in [0.2, 0.25) is 0 Å². The molecule has 0 radical (unpaired) electrons. The van der Waals surface area contributed by atoms with Crippen molar-refractivity contribution in [2.45, 2.75) is 6.10 Å². The largest absolute Gasteiger partial charge is 0.380 e. The number of benzene rings is 2. The first-order valence-electron chi connectivity index (χ1n) is 6.20. The summed E-state index contributed by atoms with van der Waals surface area (Å²) in [5.41, 5.74) is 1.66. The van der Waals surface area contributed by atoms with Crippen LogP contribution >= 0.6 is 0 Å². The number of carbonyl (C=O) groups is 1. The number of rotatable bonds is 3. The van der Waals surface area contributed by atoms with E-state index in [2.05, 4.69) is 4.98 Å². The fraction of sp³-hybridized carbons (Fsp3) is 0.0625. The van der Waals surface area contributed by atoms with E-state index >= 15 is 0 Å². The Labute approximate surface area is 114 Å². The highest BCUT2D eigenvalue weighted by Gasteiger charge is 2.22. The number of aliphatic hydroxyl groups excluding tert-OH is 1. The lowest BCUT2D eigenvalue weighted by Crippen LogP contribution is -2.11. The van der Waals surface area contributed by atoms with Gasteiger partial charge in [-0.2, -0.15) is 0 Å². The van der Waals surface area contributed by atoms with Crippen LogP contribution < -0.4 is 0 Å². The molecule has 2 N–H and O–H groups in total. The number of nitrogens with one attached hydrogen (secondary N) is 1. The van der Waals surface area contributed by atoms with Crippen LogP contribution in [0.15, 0.2) is 54.7 Å². The molecule has 3 nitrogen and oxygen atoms in total. The first kappa shape index (κ1) is 12.6. The highest BCUT2D eigenvalue weighted by Crippen LogP contribution is 2.26. The fourth-order valence-electron chi connectivity index (χ4n) is 2.23. The van der Waals surface area contributed by atoms with E-state index in [1.165, 1.54) is 24.3 Å². The van der Waals surface area contributed by atoms with E-state index in [1.54, 1.807) is 6.20 Å². The number of Topliss-reactive ketones (excluding diaryl/α,β-unsaturated/α-hetero) is 1. The van der Waals surface area contributed by atoms with Crippen molar-refractivity contribution >= 4 is 16.7 Å². The quantitative estimate of drug-likeness (QED) is 0.717. The van der Waals surface area contributed by atoms with E-state index in [9.17, 15) is 14.3 Å². The Kier molecular flexibility index (Phi) is 3.08. The minimum atomic E-state index is -1.27. The summed E-state index contributed by atoms with van der Waals surface area (Å²) in [4.78, 5) is 15.2. The fourth-order valence-corrected chi connectivity index (χ4v) is 2.23. The minimum absolute atomic E-state index is 0.282. The van der Waals surface area contributed by atoms with Gasteiger partial charge in [0.15, 0.2) is 5.78 Å². The zero-order valence-electron chi connectivity index (χ0n) is 10.5. The van der Waals surface area contributed by atoms with Gasteiger partial charge in [0.1, 0.15) is 11.9 Å². The Morgan fingerprint density at radius 2 is 1.80 bits per heavy atom. The number of H-pyrrole nitrogens is 1. The van der Waals surface area contributed by atoms with Crippen molar-refractivity contribution in [3.05, 3.63) is 71.7 Å². The molecule has 0 bridgehead atoms. The number of aromatic nitrogens is 1. The molecule has 100 valence electrons. The van der Waals surface area contributed by atoms with Gasteiger partial charge in [0.25, 0.3) is 0 Å². The molecule has 0 saturated carbocycles. The van der Waals surface area contributed by atoms with Crippen molar-refractivity contribution < 1.29 is 14.3 Å². The second-order valence-corrected chi connectivity index (χ2v) is 4.56. The number of aromatic amines is 1. The Morgan fingerprint density at radius 3 is 2.55 bits per heavy atom. The maximum absolute atomic E-state index is 12.9. The van der Waals surface area contributed by atoms with Crippen LogP contribution in [0.5, 0.6) is 0 Å². The summed E-state index contributed by atoms with van der Waals surface area (Å²) in [5.74, 6) is -0.863. The van der Waals surface area contributed by atoms with Gasteiger partial charge in [-0.25, -0.2) is 4.39 Å². The van der Waals surface area contributed by atoms with Crippen molar-refractivity contribution in [1.29, 1.82) is 0 Å². The number of carbonyl (C=O) groups excluding carboxylic acids is 1. The van der Waals surface area contributed by atoms with Crippen LogP contribution in [0.3, 0.4) is 0 Å². The Morgan fingerprint density at radius 1 is 1.10 bits per heavy atom.